The number of phenolic OH excluding ortho intramolecular Hbond substituents is 1. The van der Waals surface area contributed by atoms with Gasteiger partial charge in [0.25, 0.3) is 0 Å². The summed E-state index contributed by atoms with van der Waals surface area (Å²) in [6.07, 6.45) is 4.39. The Bertz CT molecular complexity index is 1100. The maximum atomic E-state index is 13.7. The summed E-state index contributed by atoms with van der Waals surface area (Å²) in [5.41, 5.74) is 7.30. The lowest BCUT2D eigenvalue weighted by molar-refractivity contribution is -0.144. The summed E-state index contributed by atoms with van der Waals surface area (Å²) in [5, 5.41) is 24.5. The van der Waals surface area contributed by atoms with Crippen molar-refractivity contribution in [3.63, 3.8) is 0 Å². The van der Waals surface area contributed by atoms with E-state index in [1.54, 1.807) is 12.1 Å². The molecule has 3 rings (SSSR count). The molecule has 1 aromatic heterocycles. The highest BCUT2D eigenvalue weighted by Gasteiger charge is 2.39. The van der Waals surface area contributed by atoms with Gasteiger partial charge in [-0.25, -0.2) is 9.78 Å². The molecular formula is C26H36N6O6. The predicted octanol–water partition coefficient (Wildman–Crippen LogP) is 0.319. The van der Waals surface area contributed by atoms with Gasteiger partial charge in [0.2, 0.25) is 17.7 Å². The average Bonchev–Trinajstić information content (AvgIpc) is 3.56. The van der Waals surface area contributed by atoms with Crippen LogP contribution in [0.15, 0.2) is 36.8 Å². The molecule has 7 N–H and O–H groups in total. The van der Waals surface area contributed by atoms with E-state index in [1.165, 1.54) is 29.6 Å². The van der Waals surface area contributed by atoms with E-state index in [9.17, 15) is 29.4 Å². The van der Waals surface area contributed by atoms with Crippen LogP contribution in [0.5, 0.6) is 5.75 Å². The highest BCUT2D eigenvalue weighted by atomic mass is 16.4. The highest BCUT2D eigenvalue weighted by Crippen LogP contribution is 2.21. The first-order chi connectivity index (χ1) is 18.0. The van der Waals surface area contributed by atoms with Crippen LogP contribution in [0.4, 0.5) is 0 Å². The number of carboxylic acid groups (broad SMARTS) is 1. The minimum absolute atomic E-state index is 0.00894. The van der Waals surface area contributed by atoms with E-state index in [4.69, 9.17) is 5.73 Å². The molecule has 206 valence electrons. The van der Waals surface area contributed by atoms with Crippen molar-refractivity contribution < 1.29 is 29.4 Å². The molecule has 2 aromatic rings. The number of aromatic amines is 1. The summed E-state index contributed by atoms with van der Waals surface area (Å²) in [6.45, 7) is 4.17. The topological polar surface area (TPSA) is 191 Å². The number of phenols is 1. The lowest BCUT2D eigenvalue weighted by atomic mass is 10.0. The van der Waals surface area contributed by atoms with Crippen molar-refractivity contribution in [1.82, 2.24) is 25.5 Å². The van der Waals surface area contributed by atoms with Crippen LogP contribution in [0.2, 0.25) is 0 Å². The van der Waals surface area contributed by atoms with Gasteiger partial charge in [-0.05, 0) is 42.9 Å². The van der Waals surface area contributed by atoms with E-state index in [0.717, 1.165) is 0 Å². The SMILES string of the molecule is CC(C)CC(N)C(=O)NC(Cc1ccc(O)cc1)C(=O)N1CCCC1C(=O)NC(Cc1cnc[nH]1)C(=O)O. The second-order valence-electron chi connectivity index (χ2n) is 10.0. The van der Waals surface area contributed by atoms with Crippen molar-refractivity contribution in [2.75, 3.05) is 6.54 Å². The van der Waals surface area contributed by atoms with Gasteiger partial charge < -0.3 is 36.5 Å². The first-order valence-electron chi connectivity index (χ1n) is 12.7. The number of amides is 3. The molecule has 0 aliphatic carbocycles. The number of hydrogen-bond acceptors (Lipinski definition) is 7. The van der Waals surface area contributed by atoms with Gasteiger partial charge in [0.05, 0.1) is 12.4 Å². The van der Waals surface area contributed by atoms with E-state index in [2.05, 4.69) is 20.6 Å². The van der Waals surface area contributed by atoms with Crippen molar-refractivity contribution in [3.8, 4) is 5.75 Å². The van der Waals surface area contributed by atoms with E-state index >= 15 is 0 Å². The number of aromatic nitrogens is 2. The summed E-state index contributed by atoms with van der Waals surface area (Å²) in [4.78, 5) is 59.5. The van der Waals surface area contributed by atoms with Gasteiger partial charge in [0.15, 0.2) is 0 Å². The normalized spacial score (nSPS) is 17.6. The molecule has 1 aliphatic heterocycles. The number of likely N-dealkylation sites (tertiary alicyclic amines) is 1. The van der Waals surface area contributed by atoms with Crippen molar-refractivity contribution in [2.24, 2.45) is 11.7 Å². The number of imidazole rings is 1. The zero-order valence-corrected chi connectivity index (χ0v) is 21.6. The standard InChI is InChI=1S/C26H36N6O6/c1-15(2)10-19(27)23(34)30-20(11-16-5-7-18(33)8-6-16)25(36)32-9-3-4-22(32)24(35)31-21(26(37)38)12-17-13-28-14-29-17/h5-8,13-15,19-22,33H,3-4,9-12,27H2,1-2H3,(H,28,29)(H,30,34)(H,31,35)(H,37,38). The summed E-state index contributed by atoms with van der Waals surface area (Å²) >= 11 is 0. The van der Waals surface area contributed by atoms with Crippen LogP contribution in [-0.4, -0.2) is 79.5 Å². The van der Waals surface area contributed by atoms with Gasteiger partial charge in [0, 0.05) is 31.3 Å². The summed E-state index contributed by atoms with van der Waals surface area (Å²) in [7, 11) is 0. The quantitative estimate of drug-likeness (QED) is 0.227. The van der Waals surface area contributed by atoms with Crippen molar-refractivity contribution in [3.05, 3.63) is 48.0 Å². The second kappa shape index (κ2) is 13.0. The number of nitrogens with one attached hydrogen (secondary N) is 3. The smallest absolute Gasteiger partial charge is 0.326 e. The number of carbonyl (C=O) groups is 4. The number of rotatable bonds is 12. The molecule has 2 heterocycles. The van der Waals surface area contributed by atoms with Crippen molar-refractivity contribution in [1.29, 1.82) is 0 Å². The van der Waals surface area contributed by atoms with Crippen LogP contribution in [-0.2, 0) is 32.0 Å². The van der Waals surface area contributed by atoms with E-state index in [-0.39, 0.29) is 31.1 Å². The molecule has 1 aliphatic rings. The lowest BCUT2D eigenvalue weighted by Crippen LogP contribution is -2.57. The number of nitrogens with zero attached hydrogens (tertiary/aromatic N) is 2. The van der Waals surface area contributed by atoms with Gasteiger partial charge in [-0.15, -0.1) is 0 Å². The zero-order chi connectivity index (χ0) is 27.8. The maximum Gasteiger partial charge on any atom is 0.326 e. The van der Waals surface area contributed by atoms with Crippen LogP contribution in [0.3, 0.4) is 0 Å². The molecule has 0 bridgehead atoms. The molecule has 1 aromatic carbocycles. The molecule has 1 saturated heterocycles. The van der Waals surface area contributed by atoms with Gasteiger partial charge in [-0.1, -0.05) is 26.0 Å². The van der Waals surface area contributed by atoms with Crippen LogP contribution >= 0.6 is 0 Å². The molecule has 0 saturated carbocycles. The molecular weight excluding hydrogens is 492 g/mol. The number of benzene rings is 1. The Hall–Kier alpha value is -3.93. The van der Waals surface area contributed by atoms with E-state index < -0.39 is 47.9 Å². The second-order valence-corrected chi connectivity index (χ2v) is 10.0. The Morgan fingerprint density at radius 1 is 1.13 bits per heavy atom. The maximum absolute atomic E-state index is 13.7. The number of carbonyl (C=O) groups excluding carboxylic acids is 3. The molecule has 1 fully saturated rings. The van der Waals surface area contributed by atoms with Gasteiger partial charge in [0.1, 0.15) is 23.9 Å². The number of hydrogen-bond donors (Lipinski definition) is 6. The van der Waals surface area contributed by atoms with Gasteiger partial charge in [-0.2, -0.15) is 0 Å². The fourth-order valence-corrected chi connectivity index (χ4v) is 4.55. The lowest BCUT2D eigenvalue weighted by Gasteiger charge is -2.30. The third kappa shape index (κ3) is 7.78. The molecule has 38 heavy (non-hydrogen) atoms. The molecule has 4 atom stereocenters. The predicted molar refractivity (Wildman–Crippen MR) is 138 cm³/mol. The van der Waals surface area contributed by atoms with Crippen LogP contribution in [0.25, 0.3) is 0 Å². The van der Waals surface area contributed by atoms with E-state index in [1.807, 2.05) is 13.8 Å². The van der Waals surface area contributed by atoms with Crippen molar-refractivity contribution in [2.45, 2.75) is 70.1 Å². The highest BCUT2D eigenvalue weighted by molar-refractivity contribution is 5.94. The van der Waals surface area contributed by atoms with Crippen LogP contribution in [0.1, 0.15) is 44.4 Å². The molecule has 12 nitrogen and oxygen atoms in total. The average molecular weight is 529 g/mol. The zero-order valence-electron chi connectivity index (χ0n) is 21.6. The Morgan fingerprint density at radius 3 is 2.45 bits per heavy atom. The minimum atomic E-state index is -1.21. The van der Waals surface area contributed by atoms with Crippen molar-refractivity contribution >= 4 is 23.7 Å². The van der Waals surface area contributed by atoms with Gasteiger partial charge >= 0.3 is 5.97 Å². The Balaban J connectivity index is 1.76. The van der Waals surface area contributed by atoms with E-state index in [0.29, 0.717) is 30.5 Å². The summed E-state index contributed by atoms with van der Waals surface area (Å²) in [5.74, 6) is -2.46. The third-order valence-corrected chi connectivity index (χ3v) is 6.48. The fourth-order valence-electron chi connectivity index (χ4n) is 4.55. The number of nitrogens with two attached hydrogens (primary N) is 1. The largest absolute Gasteiger partial charge is 0.508 e. The van der Waals surface area contributed by atoms with Crippen LogP contribution < -0.4 is 16.4 Å². The molecule has 3 amide bonds. The first-order valence-corrected chi connectivity index (χ1v) is 12.7. The number of H-pyrrole nitrogens is 1. The number of aromatic hydroxyl groups is 1. The van der Waals surface area contributed by atoms with Gasteiger partial charge in [-0.3, -0.25) is 14.4 Å². The summed E-state index contributed by atoms with van der Waals surface area (Å²) < 4.78 is 0. The molecule has 0 radical (unpaired) electrons. The fraction of sp³-hybridized carbons (Fsp3) is 0.500. The molecule has 4 unspecified atom stereocenters. The molecule has 0 spiro atoms. The third-order valence-electron chi connectivity index (χ3n) is 6.48. The number of aliphatic carboxylic acids is 1. The number of carboxylic acids is 1. The summed E-state index contributed by atoms with van der Waals surface area (Å²) in [6, 6.07) is 2.38. The monoisotopic (exact) mass is 528 g/mol. The minimum Gasteiger partial charge on any atom is -0.508 e. The first kappa shape index (κ1) is 28.6. The molecule has 12 heteroatoms. The Kier molecular flexibility index (Phi) is 9.83. The van der Waals surface area contributed by atoms with Crippen LogP contribution in [0, 0.1) is 5.92 Å². The Labute approximate surface area is 221 Å². The Morgan fingerprint density at radius 2 is 1.84 bits per heavy atom.